The summed E-state index contributed by atoms with van der Waals surface area (Å²) in [5.74, 6) is -0.0786. The highest BCUT2D eigenvalue weighted by Gasteiger charge is 2.30. The summed E-state index contributed by atoms with van der Waals surface area (Å²) < 4.78 is 11.8. The van der Waals surface area contributed by atoms with Crippen LogP contribution in [-0.2, 0) is 20.7 Å². The maximum atomic E-state index is 13.4. The van der Waals surface area contributed by atoms with Gasteiger partial charge in [-0.1, -0.05) is 19.9 Å². The van der Waals surface area contributed by atoms with Crippen LogP contribution in [0.25, 0.3) is 0 Å². The van der Waals surface area contributed by atoms with E-state index >= 15 is 0 Å². The van der Waals surface area contributed by atoms with Gasteiger partial charge < -0.3 is 24.6 Å². The minimum atomic E-state index is -0.289. The van der Waals surface area contributed by atoms with Crippen LogP contribution in [0.2, 0.25) is 0 Å². The smallest absolute Gasteiger partial charge is 0.257 e. The van der Waals surface area contributed by atoms with Gasteiger partial charge in [0, 0.05) is 57.2 Å². The molecule has 0 aliphatic carbocycles. The zero-order chi connectivity index (χ0) is 26.2. The second-order valence-electron chi connectivity index (χ2n) is 9.25. The van der Waals surface area contributed by atoms with Crippen LogP contribution in [-0.4, -0.2) is 78.5 Å². The fraction of sp³-hybridized carbons (Fsp3) is 0.481. The Hall–Kier alpha value is -3.46. The molecule has 0 saturated heterocycles. The summed E-state index contributed by atoms with van der Waals surface area (Å²) in [7, 11) is 3.32. The predicted octanol–water partition coefficient (Wildman–Crippen LogP) is 3.01. The van der Waals surface area contributed by atoms with E-state index < -0.39 is 0 Å². The van der Waals surface area contributed by atoms with E-state index in [0.29, 0.717) is 42.2 Å². The fourth-order valence-corrected chi connectivity index (χ4v) is 4.21. The fourth-order valence-electron chi connectivity index (χ4n) is 4.21. The van der Waals surface area contributed by atoms with Crippen LogP contribution >= 0.6 is 0 Å². The number of anilines is 1. The number of pyridine rings is 1. The number of fused-ring (bicyclic) bond motifs is 1. The van der Waals surface area contributed by atoms with Crippen LogP contribution in [0.15, 0.2) is 42.6 Å². The number of amides is 3. The molecule has 1 aromatic carbocycles. The molecule has 0 spiro atoms. The van der Waals surface area contributed by atoms with Gasteiger partial charge in [0.05, 0.1) is 24.1 Å². The molecule has 9 heteroatoms. The lowest BCUT2D eigenvalue weighted by atomic mass is 10.0. The maximum absolute atomic E-state index is 13.4. The van der Waals surface area contributed by atoms with Gasteiger partial charge >= 0.3 is 0 Å². The van der Waals surface area contributed by atoms with Gasteiger partial charge in [-0.3, -0.25) is 19.4 Å². The van der Waals surface area contributed by atoms with Crippen molar-refractivity contribution in [3.63, 3.8) is 0 Å². The first-order chi connectivity index (χ1) is 17.2. The van der Waals surface area contributed by atoms with Crippen molar-refractivity contribution in [2.75, 3.05) is 39.2 Å². The highest BCUT2D eigenvalue weighted by molar-refractivity contribution is 5.99. The number of rotatable bonds is 5. The molecule has 3 rings (SSSR count). The normalized spacial score (nSPS) is 21.0. The van der Waals surface area contributed by atoms with Gasteiger partial charge in [-0.2, -0.15) is 0 Å². The largest absolute Gasteiger partial charge is 0.491 e. The lowest BCUT2D eigenvalue weighted by molar-refractivity contribution is -0.134. The van der Waals surface area contributed by atoms with E-state index in [1.165, 1.54) is 0 Å². The van der Waals surface area contributed by atoms with Crippen molar-refractivity contribution in [3.05, 3.63) is 53.9 Å². The second kappa shape index (κ2) is 12.5. The van der Waals surface area contributed by atoms with Gasteiger partial charge in [0.2, 0.25) is 11.8 Å². The Bertz CT molecular complexity index is 1060. The molecule has 1 aliphatic rings. The molecular formula is C27H36N4O5. The summed E-state index contributed by atoms with van der Waals surface area (Å²) in [6.45, 7) is 6.69. The third-order valence-corrected chi connectivity index (χ3v) is 6.43. The number of likely N-dealkylation sites (N-methyl/N-ethyl adjacent to an activating group) is 1. The SMILES string of the molecule is CCC(=O)Nc1ccc2c(c1)C(=O)N(C)C[C@H](OC)[C@@H](C)CN(C(=O)Cc1ccccn1)[C@H](C)CO2. The average molecular weight is 497 g/mol. The van der Waals surface area contributed by atoms with Gasteiger partial charge in [-0.15, -0.1) is 0 Å². The van der Waals surface area contributed by atoms with Gasteiger partial charge in [0.1, 0.15) is 12.4 Å². The molecule has 0 fully saturated rings. The summed E-state index contributed by atoms with van der Waals surface area (Å²) in [6, 6.07) is 10.3. The molecule has 2 aromatic rings. The molecule has 1 aliphatic heterocycles. The van der Waals surface area contributed by atoms with Crippen molar-refractivity contribution in [3.8, 4) is 5.75 Å². The number of nitrogens with one attached hydrogen (secondary N) is 1. The first-order valence-electron chi connectivity index (χ1n) is 12.3. The number of ether oxygens (including phenoxy) is 2. The van der Waals surface area contributed by atoms with E-state index in [9.17, 15) is 14.4 Å². The van der Waals surface area contributed by atoms with Crippen LogP contribution in [0.3, 0.4) is 0 Å². The molecule has 3 atom stereocenters. The molecule has 2 heterocycles. The number of carbonyl (C=O) groups excluding carboxylic acids is 3. The topological polar surface area (TPSA) is 101 Å². The summed E-state index contributed by atoms with van der Waals surface area (Å²) in [6.07, 6.45) is 1.90. The lowest BCUT2D eigenvalue weighted by Gasteiger charge is -2.36. The van der Waals surface area contributed by atoms with Crippen molar-refractivity contribution in [1.82, 2.24) is 14.8 Å². The van der Waals surface area contributed by atoms with Crippen molar-refractivity contribution >= 4 is 23.4 Å². The Labute approximate surface area is 212 Å². The molecule has 1 N–H and O–H groups in total. The minimum absolute atomic E-state index is 0.0468. The van der Waals surface area contributed by atoms with E-state index in [0.717, 1.165) is 0 Å². The summed E-state index contributed by atoms with van der Waals surface area (Å²) in [5.41, 5.74) is 1.57. The molecule has 0 radical (unpaired) electrons. The Morgan fingerprint density at radius 1 is 1.19 bits per heavy atom. The first kappa shape index (κ1) is 27.1. The molecular weight excluding hydrogens is 460 g/mol. The van der Waals surface area contributed by atoms with Gasteiger partial charge in [0.25, 0.3) is 5.91 Å². The van der Waals surface area contributed by atoms with E-state index in [2.05, 4.69) is 10.3 Å². The molecule has 36 heavy (non-hydrogen) atoms. The quantitative estimate of drug-likeness (QED) is 0.683. The van der Waals surface area contributed by atoms with E-state index in [4.69, 9.17) is 9.47 Å². The highest BCUT2D eigenvalue weighted by Crippen LogP contribution is 2.26. The zero-order valence-electron chi connectivity index (χ0n) is 21.7. The van der Waals surface area contributed by atoms with E-state index in [1.807, 2.05) is 36.9 Å². The molecule has 0 bridgehead atoms. The molecule has 194 valence electrons. The van der Waals surface area contributed by atoms with Crippen molar-refractivity contribution in [1.29, 1.82) is 0 Å². The van der Waals surface area contributed by atoms with E-state index in [-0.39, 0.29) is 48.8 Å². The van der Waals surface area contributed by atoms with Crippen LogP contribution in [0.5, 0.6) is 5.75 Å². The van der Waals surface area contributed by atoms with Crippen molar-refractivity contribution in [2.24, 2.45) is 5.92 Å². The van der Waals surface area contributed by atoms with Crippen molar-refractivity contribution in [2.45, 2.75) is 45.8 Å². The average Bonchev–Trinajstić information content (AvgIpc) is 2.88. The number of hydrogen-bond acceptors (Lipinski definition) is 6. The number of methoxy groups -OCH3 is 1. The van der Waals surface area contributed by atoms with Gasteiger partial charge in [-0.25, -0.2) is 0 Å². The minimum Gasteiger partial charge on any atom is -0.491 e. The molecule has 3 amide bonds. The molecule has 0 saturated carbocycles. The summed E-state index contributed by atoms with van der Waals surface area (Å²) in [5, 5.41) is 2.80. The van der Waals surface area contributed by atoms with Crippen LogP contribution < -0.4 is 10.1 Å². The molecule has 1 aromatic heterocycles. The number of aromatic nitrogens is 1. The maximum Gasteiger partial charge on any atom is 0.257 e. The highest BCUT2D eigenvalue weighted by atomic mass is 16.5. The number of benzene rings is 1. The predicted molar refractivity (Wildman–Crippen MR) is 137 cm³/mol. The molecule has 9 nitrogen and oxygen atoms in total. The standard InChI is InChI=1S/C27H36N4O5/c1-6-25(32)29-21-10-11-23-22(13-21)27(34)30(4)16-24(35-5)18(2)15-31(19(3)17-36-23)26(33)14-20-9-7-8-12-28-20/h7-13,18-19,24H,6,14-17H2,1-5H3,(H,29,32)/t18-,19+,24-/m0/s1. The Balaban J connectivity index is 1.93. The summed E-state index contributed by atoms with van der Waals surface area (Å²) >= 11 is 0. The van der Waals surface area contributed by atoms with Gasteiger partial charge in [-0.05, 0) is 37.3 Å². The number of carbonyl (C=O) groups is 3. The zero-order valence-corrected chi connectivity index (χ0v) is 21.7. The Kier molecular flexibility index (Phi) is 9.41. The van der Waals surface area contributed by atoms with Crippen LogP contribution in [0.4, 0.5) is 5.69 Å². The Morgan fingerprint density at radius 2 is 1.97 bits per heavy atom. The molecule has 0 unspecified atom stereocenters. The first-order valence-corrected chi connectivity index (χ1v) is 12.3. The van der Waals surface area contributed by atoms with E-state index in [1.54, 1.807) is 50.4 Å². The third-order valence-electron chi connectivity index (χ3n) is 6.43. The van der Waals surface area contributed by atoms with Crippen LogP contribution in [0, 0.1) is 5.92 Å². The number of nitrogens with zero attached hydrogens (tertiary/aromatic N) is 3. The third kappa shape index (κ3) is 6.81. The van der Waals surface area contributed by atoms with Crippen molar-refractivity contribution < 1.29 is 23.9 Å². The second-order valence-corrected chi connectivity index (χ2v) is 9.25. The monoisotopic (exact) mass is 496 g/mol. The summed E-state index contributed by atoms with van der Waals surface area (Å²) in [4.78, 5) is 46.3. The number of hydrogen-bond donors (Lipinski definition) is 1. The Morgan fingerprint density at radius 3 is 2.64 bits per heavy atom. The van der Waals surface area contributed by atoms with Crippen LogP contribution in [0.1, 0.15) is 43.2 Å². The van der Waals surface area contributed by atoms with Gasteiger partial charge in [0.15, 0.2) is 0 Å². The lowest BCUT2D eigenvalue weighted by Crippen LogP contribution is -2.49.